The first-order valence-corrected chi connectivity index (χ1v) is 4.13. The molecule has 2 aromatic rings. The van der Waals surface area contributed by atoms with Gasteiger partial charge in [-0.15, -0.1) is 0 Å². The van der Waals surface area contributed by atoms with Crippen molar-refractivity contribution in [1.82, 2.24) is 15.0 Å². The molecule has 2 heterocycles. The van der Waals surface area contributed by atoms with E-state index in [4.69, 9.17) is 4.42 Å². The van der Waals surface area contributed by atoms with Crippen molar-refractivity contribution in [1.29, 1.82) is 0 Å². The molecule has 0 aromatic carbocycles. The zero-order valence-electron chi connectivity index (χ0n) is 7.58. The molecule has 0 spiro atoms. The molecule has 0 saturated carbocycles. The molecule has 0 aliphatic carbocycles. The zero-order valence-corrected chi connectivity index (χ0v) is 7.58. The molecule has 1 N–H and O–H groups in total. The third-order valence-electron chi connectivity index (χ3n) is 1.78. The molecule has 72 valence electrons. The molecule has 0 aliphatic heterocycles. The van der Waals surface area contributed by atoms with Crippen LogP contribution in [-0.4, -0.2) is 20.1 Å². The summed E-state index contributed by atoms with van der Waals surface area (Å²) in [4.78, 5) is 11.8. The third kappa shape index (κ3) is 1.62. The number of hydrogen-bond acceptors (Lipinski definition) is 5. The van der Waals surface area contributed by atoms with Crippen LogP contribution in [0, 0.1) is 6.92 Å². The molecule has 1 atom stereocenters. The highest BCUT2D eigenvalue weighted by Crippen LogP contribution is 2.17. The van der Waals surface area contributed by atoms with Crippen LogP contribution < -0.4 is 0 Å². The molecule has 0 fully saturated rings. The van der Waals surface area contributed by atoms with Crippen molar-refractivity contribution in [2.45, 2.75) is 13.0 Å². The molecule has 0 saturated heterocycles. The smallest absolute Gasteiger partial charge is 0.191 e. The quantitative estimate of drug-likeness (QED) is 0.762. The van der Waals surface area contributed by atoms with Crippen LogP contribution in [0.2, 0.25) is 0 Å². The van der Waals surface area contributed by atoms with Crippen LogP contribution in [0.1, 0.15) is 23.4 Å². The van der Waals surface area contributed by atoms with Crippen LogP contribution in [-0.2, 0) is 0 Å². The van der Waals surface area contributed by atoms with Gasteiger partial charge in [0.1, 0.15) is 18.1 Å². The van der Waals surface area contributed by atoms with E-state index in [1.54, 1.807) is 13.1 Å². The largest absolute Gasteiger partial charge is 0.449 e. The summed E-state index contributed by atoms with van der Waals surface area (Å²) >= 11 is 0. The van der Waals surface area contributed by atoms with Crippen LogP contribution in [0.4, 0.5) is 0 Å². The van der Waals surface area contributed by atoms with Crippen molar-refractivity contribution < 1.29 is 9.52 Å². The van der Waals surface area contributed by atoms with E-state index in [1.165, 1.54) is 18.7 Å². The topological polar surface area (TPSA) is 72.0 Å². The number of aliphatic hydroxyl groups is 1. The summed E-state index contributed by atoms with van der Waals surface area (Å²) in [5.74, 6) is 0.517. The van der Waals surface area contributed by atoms with Gasteiger partial charge in [0.05, 0.1) is 11.9 Å². The Labute approximate surface area is 80.5 Å². The van der Waals surface area contributed by atoms with E-state index >= 15 is 0 Å². The molecule has 2 rings (SSSR count). The lowest BCUT2D eigenvalue weighted by molar-refractivity contribution is 0.209. The Bertz CT molecular complexity index is 413. The standard InChI is InChI=1S/C9H9N3O2/c1-6-12-8(5-14-6)9(13)7-4-10-2-3-11-7/h2-5,9,13H,1H3. The average Bonchev–Trinajstić information content (AvgIpc) is 2.65. The van der Waals surface area contributed by atoms with Crippen molar-refractivity contribution in [3.05, 3.63) is 42.1 Å². The Hall–Kier alpha value is -1.75. The Balaban J connectivity index is 2.29. The summed E-state index contributed by atoms with van der Waals surface area (Å²) in [5.41, 5.74) is 0.906. The van der Waals surface area contributed by atoms with E-state index in [2.05, 4.69) is 15.0 Å². The Kier molecular flexibility index (Phi) is 2.24. The molecule has 5 heteroatoms. The molecule has 2 aromatic heterocycles. The maximum atomic E-state index is 9.78. The highest BCUT2D eigenvalue weighted by Gasteiger charge is 2.15. The minimum absolute atomic E-state index is 0.447. The van der Waals surface area contributed by atoms with Gasteiger partial charge in [0.25, 0.3) is 0 Å². The van der Waals surface area contributed by atoms with E-state index in [0.29, 0.717) is 17.3 Å². The van der Waals surface area contributed by atoms with Crippen LogP contribution in [0.5, 0.6) is 0 Å². The highest BCUT2D eigenvalue weighted by atomic mass is 16.3. The van der Waals surface area contributed by atoms with Crippen LogP contribution >= 0.6 is 0 Å². The molecule has 0 radical (unpaired) electrons. The molecule has 0 amide bonds. The summed E-state index contributed by atoms with van der Waals surface area (Å²) in [6.07, 6.45) is 5.10. The van der Waals surface area contributed by atoms with Gasteiger partial charge in [-0.1, -0.05) is 0 Å². The maximum absolute atomic E-state index is 9.78. The lowest BCUT2D eigenvalue weighted by Gasteiger charge is -2.04. The van der Waals surface area contributed by atoms with E-state index in [1.807, 2.05) is 0 Å². The number of aryl methyl sites for hydroxylation is 1. The number of hydrogen-bond donors (Lipinski definition) is 1. The fourth-order valence-corrected chi connectivity index (χ4v) is 1.11. The average molecular weight is 191 g/mol. The van der Waals surface area contributed by atoms with Crippen LogP contribution in [0.25, 0.3) is 0 Å². The van der Waals surface area contributed by atoms with E-state index in [-0.39, 0.29) is 0 Å². The van der Waals surface area contributed by atoms with Crippen molar-refractivity contribution in [2.75, 3.05) is 0 Å². The molecule has 0 aliphatic rings. The normalized spacial score (nSPS) is 12.7. The fraction of sp³-hybridized carbons (Fsp3) is 0.222. The monoisotopic (exact) mass is 191 g/mol. The number of aliphatic hydroxyl groups excluding tert-OH is 1. The second-order valence-corrected chi connectivity index (χ2v) is 2.82. The van der Waals surface area contributed by atoms with Crippen molar-refractivity contribution in [3.63, 3.8) is 0 Å². The molecular formula is C9H9N3O2. The summed E-state index contributed by atoms with van der Waals surface area (Å²) in [6.45, 7) is 1.72. The Morgan fingerprint density at radius 2 is 2.21 bits per heavy atom. The van der Waals surface area contributed by atoms with Gasteiger partial charge in [-0.25, -0.2) is 4.98 Å². The van der Waals surface area contributed by atoms with Gasteiger partial charge >= 0.3 is 0 Å². The lowest BCUT2D eigenvalue weighted by atomic mass is 10.2. The number of nitrogens with zero attached hydrogens (tertiary/aromatic N) is 3. The van der Waals surface area contributed by atoms with Crippen molar-refractivity contribution >= 4 is 0 Å². The Morgan fingerprint density at radius 3 is 2.79 bits per heavy atom. The van der Waals surface area contributed by atoms with E-state index in [9.17, 15) is 5.11 Å². The summed E-state index contributed by atoms with van der Waals surface area (Å²) in [5, 5.41) is 9.78. The second kappa shape index (κ2) is 3.55. The summed E-state index contributed by atoms with van der Waals surface area (Å²) in [6, 6.07) is 0. The minimum Gasteiger partial charge on any atom is -0.449 e. The van der Waals surface area contributed by atoms with Crippen molar-refractivity contribution in [3.8, 4) is 0 Å². The van der Waals surface area contributed by atoms with Crippen LogP contribution in [0.3, 0.4) is 0 Å². The first-order valence-electron chi connectivity index (χ1n) is 4.13. The molecule has 1 unspecified atom stereocenters. The van der Waals surface area contributed by atoms with Crippen molar-refractivity contribution in [2.24, 2.45) is 0 Å². The van der Waals surface area contributed by atoms with Gasteiger partial charge in [0.2, 0.25) is 0 Å². The molecule has 5 nitrogen and oxygen atoms in total. The number of oxazole rings is 1. The van der Waals surface area contributed by atoms with Gasteiger partial charge in [0, 0.05) is 19.3 Å². The summed E-state index contributed by atoms with van der Waals surface area (Å²) < 4.78 is 4.99. The van der Waals surface area contributed by atoms with E-state index in [0.717, 1.165) is 0 Å². The molecule has 0 bridgehead atoms. The zero-order chi connectivity index (χ0) is 9.97. The predicted molar refractivity (Wildman–Crippen MR) is 47.3 cm³/mol. The van der Waals surface area contributed by atoms with Gasteiger partial charge in [-0.3, -0.25) is 9.97 Å². The van der Waals surface area contributed by atoms with Gasteiger partial charge < -0.3 is 9.52 Å². The van der Waals surface area contributed by atoms with Crippen LogP contribution in [0.15, 0.2) is 29.3 Å². The SMILES string of the molecule is Cc1nc(C(O)c2cnccn2)co1. The number of aromatic nitrogens is 3. The highest BCUT2D eigenvalue weighted by molar-refractivity contribution is 5.13. The molecular weight excluding hydrogens is 182 g/mol. The van der Waals surface area contributed by atoms with Gasteiger partial charge in [-0.05, 0) is 0 Å². The third-order valence-corrected chi connectivity index (χ3v) is 1.78. The first-order chi connectivity index (χ1) is 6.77. The van der Waals surface area contributed by atoms with Gasteiger partial charge in [-0.2, -0.15) is 0 Å². The van der Waals surface area contributed by atoms with Gasteiger partial charge in [0.15, 0.2) is 5.89 Å². The van der Waals surface area contributed by atoms with E-state index < -0.39 is 6.10 Å². The maximum Gasteiger partial charge on any atom is 0.191 e. The predicted octanol–water partition coefficient (Wildman–Crippen LogP) is 0.855. The fourth-order valence-electron chi connectivity index (χ4n) is 1.11. The summed E-state index contributed by atoms with van der Waals surface area (Å²) in [7, 11) is 0. The Morgan fingerprint density at radius 1 is 1.36 bits per heavy atom. The molecule has 14 heavy (non-hydrogen) atoms. The first kappa shape index (κ1) is 8.83. The second-order valence-electron chi connectivity index (χ2n) is 2.82. The minimum atomic E-state index is -0.874. The number of rotatable bonds is 2. The lowest BCUT2D eigenvalue weighted by Crippen LogP contribution is -2.02.